The van der Waals surface area contributed by atoms with Crippen molar-refractivity contribution in [2.24, 2.45) is 0 Å². The molecule has 0 spiro atoms. The van der Waals surface area contributed by atoms with Gasteiger partial charge < -0.3 is 10.6 Å². The number of hydrogen-bond donors (Lipinski definition) is 2. The highest BCUT2D eigenvalue weighted by molar-refractivity contribution is 6.31. The van der Waals surface area contributed by atoms with Gasteiger partial charge in [-0.05, 0) is 43.7 Å². The Morgan fingerprint density at radius 3 is 2.73 bits per heavy atom. The fourth-order valence-electron chi connectivity index (χ4n) is 2.03. The number of hydrogen-bond acceptors (Lipinski definition) is 3. The third-order valence-electron chi connectivity index (χ3n) is 3.16. The van der Waals surface area contributed by atoms with Gasteiger partial charge in [0, 0.05) is 17.8 Å². The number of amides is 1. The lowest BCUT2D eigenvalue weighted by Gasteiger charge is -2.16. The maximum absolute atomic E-state index is 13.1. The monoisotopic (exact) mass is 321 g/mol. The van der Waals surface area contributed by atoms with Crippen LogP contribution in [0.15, 0.2) is 36.5 Å². The highest BCUT2D eigenvalue weighted by Gasteiger charge is 2.11. The molecule has 0 bridgehead atoms. The number of nitrogens with one attached hydrogen (secondary N) is 2. The summed E-state index contributed by atoms with van der Waals surface area (Å²) in [6, 6.07) is 7.55. The number of aromatic nitrogens is 1. The van der Waals surface area contributed by atoms with E-state index in [4.69, 9.17) is 11.6 Å². The number of nitrogens with zero attached hydrogens (tertiary/aromatic N) is 1. The Labute approximate surface area is 133 Å². The average Bonchev–Trinajstić information content (AvgIpc) is 2.48. The summed E-state index contributed by atoms with van der Waals surface area (Å²) < 4.78 is 13.1. The predicted octanol–water partition coefficient (Wildman–Crippen LogP) is 3.80. The van der Waals surface area contributed by atoms with E-state index in [1.54, 1.807) is 18.2 Å². The van der Waals surface area contributed by atoms with Gasteiger partial charge in [-0.15, -0.1) is 0 Å². The van der Waals surface area contributed by atoms with Gasteiger partial charge >= 0.3 is 0 Å². The molecular weight excluding hydrogens is 305 g/mol. The summed E-state index contributed by atoms with van der Waals surface area (Å²) in [6.45, 7) is 4.33. The van der Waals surface area contributed by atoms with E-state index in [9.17, 15) is 9.18 Å². The van der Waals surface area contributed by atoms with E-state index in [-0.39, 0.29) is 17.8 Å². The van der Waals surface area contributed by atoms with Gasteiger partial charge in [-0.25, -0.2) is 9.37 Å². The molecule has 0 saturated heterocycles. The van der Waals surface area contributed by atoms with E-state index in [2.05, 4.69) is 15.6 Å². The van der Waals surface area contributed by atoms with Crippen LogP contribution in [-0.4, -0.2) is 17.4 Å². The molecular formula is C16H17ClFN3O. The second-order valence-corrected chi connectivity index (χ2v) is 5.23. The molecule has 1 atom stereocenters. The minimum absolute atomic E-state index is 0.143. The van der Waals surface area contributed by atoms with Crippen LogP contribution >= 0.6 is 11.6 Å². The van der Waals surface area contributed by atoms with E-state index in [0.29, 0.717) is 22.9 Å². The fraction of sp³-hybridized carbons (Fsp3) is 0.250. The van der Waals surface area contributed by atoms with Crippen LogP contribution in [-0.2, 0) is 0 Å². The zero-order chi connectivity index (χ0) is 16.1. The highest BCUT2D eigenvalue weighted by atomic mass is 35.5. The topological polar surface area (TPSA) is 54.0 Å². The molecule has 0 aliphatic heterocycles. The van der Waals surface area contributed by atoms with Crippen LogP contribution in [0.5, 0.6) is 0 Å². The van der Waals surface area contributed by atoms with Gasteiger partial charge in [0.1, 0.15) is 11.6 Å². The van der Waals surface area contributed by atoms with Crippen molar-refractivity contribution in [2.45, 2.75) is 19.9 Å². The van der Waals surface area contributed by atoms with Crippen molar-refractivity contribution in [1.29, 1.82) is 0 Å². The largest absolute Gasteiger partial charge is 0.363 e. The fourth-order valence-corrected chi connectivity index (χ4v) is 2.36. The molecule has 6 heteroatoms. The van der Waals surface area contributed by atoms with Crippen molar-refractivity contribution in [2.75, 3.05) is 11.9 Å². The molecule has 2 rings (SSSR count). The number of rotatable bonds is 5. The number of benzene rings is 1. The van der Waals surface area contributed by atoms with Gasteiger partial charge in [-0.3, -0.25) is 4.79 Å². The molecule has 1 unspecified atom stereocenters. The summed E-state index contributed by atoms with van der Waals surface area (Å²) in [7, 11) is 0. The summed E-state index contributed by atoms with van der Waals surface area (Å²) in [6.07, 6.45) is 1.51. The van der Waals surface area contributed by atoms with E-state index in [1.165, 1.54) is 18.3 Å². The smallest absolute Gasteiger partial charge is 0.252 e. The molecule has 0 radical (unpaired) electrons. The van der Waals surface area contributed by atoms with Crippen molar-refractivity contribution >= 4 is 23.3 Å². The van der Waals surface area contributed by atoms with Crippen LogP contribution < -0.4 is 10.6 Å². The Bertz CT molecular complexity index is 661. The first-order chi connectivity index (χ1) is 10.5. The zero-order valence-electron chi connectivity index (χ0n) is 12.4. The molecule has 0 saturated carbocycles. The van der Waals surface area contributed by atoms with Crippen LogP contribution in [0, 0.1) is 5.82 Å². The number of carbonyl (C=O) groups excluding carboxylic acids is 1. The van der Waals surface area contributed by atoms with Crippen molar-refractivity contribution in [1.82, 2.24) is 10.3 Å². The van der Waals surface area contributed by atoms with Crippen LogP contribution in [0.4, 0.5) is 10.2 Å². The lowest BCUT2D eigenvalue weighted by atomic mass is 10.1. The van der Waals surface area contributed by atoms with Crippen molar-refractivity contribution < 1.29 is 9.18 Å². The Hall–Kier alpha value is -2.14. The number of halogens is 2. The van der Waals surface area contributed by atoms with Crippen molar-refractivity contribution in [3.63, 3.8) is 0 Å². The molecule has 1 amide bonds. The maximum Gasteiger partial charge on any atom is 0.252 e. The number of carbonyl (C=O) groups is 1. The summed E-state index contributed by atoms with van der Waals surface area (Å²) >= 11 is 6.04. The normalized spacial score (nSPS) is 11.8. The number of pyridine rings is 1. The Morgan fingerprint density at radius 1 is 1.36 bits per heavy atom. The summed E-state index contributed by atoms with van der Waals surface area (Å²) in [5.41, 5.74) is 1.28. The molecule has 116 valence electrons. The summed E-state index contributed by atoms with van der Waals surface area (Å²) in [4.78, 5) is 15.9. The van der Waals surface area contributed by atoms with Crippen molar-refractivity contribution in [3.8, 4) is 0 Å². The highest BCUT2D eigenvalue weighted by Crippen LogP contribution is 2.26. The Balaban J connectivity index is 2.08. The summed E-state index contributed by atoms with van der Waals surface area (Å²) in [5.74, 6) is 0.0856. The standard InChI is InChI=1S/C16H17ClFN3O/c1-3-19-16(22)11-4-7-15(20-9-11)21-10(2)13-6-5-12(18)8-14(13)17/h4-10H,3H2,1-2H3,(H,19,22)(H,20,21). The predicted molar refractivity (Wildman–Crippen MR) is 85.7 cm³/mol. The van der Waals surface area contributed by atoms with Crippen LogP contribution in [0.2, 0.25) is 5.02 Å². The first-order valence-corrected chi connectivity index (χ1v) is 7.34. The minimum atomic E-state index is -0.370. The van der Waals surface area contributed by atoms with E-state index in [1.807, 2.05) is 13.8 Å². The lowest BCUT2D eigenvalue weighted by Crippen LogP contribution is -2.22. The number of anilines is 1. The van der Waals surface area contributed by atoms with E-state index >= 15 is 0 Å². The first kappa shape index (κ1) is 16.2. The van der Waals surface area contributed by atoms with Gasteiger partial charge in [0.15, 0.2) is 0 Å². The van der Waals surface area contributed by atoms with Gasteiger partial charge in [0.25, 0.3) is 5.91 Å². The van der Waals surface area contributed by atoms with Gasteiger partial charge in [-0.2, -0.15) is 0 Å². The second-order valence-electron chi connectivity index (χ2n) is 4.82. The molecule has 1 aromatic carbocycles. The summed E-state index contributed by atoms with van der Waals surface area (Å²) in [5, 5.41) is 6.24. The quantitative estimate of drug-likeness (QED) is 0.880. The van der Waals surface area contributed by atoms with Crippen LogP contribution in [0.3, 0.4) is 0 Å². The minimum Gasteiger partial charge on any atom is -0.363 e. The van der Waals surface area contributed by atoms with Crippen molar-refractivity contribution in [3.05, 3.63) is 58.5 Å². The third kappa shape index (κ3) is 3.95. The average molecular weight is 322 g/mol. The third-order valence-corrected chi connectivity index (χ3v) is 3.48. The zero-order valence-corrected chi connectivity index (χ0v) is 13.1. The van der Waals surface area contributed by atoms with E-state index < -0.39 is 0 Å². The van der Waals surface area contributed by atoms with Crippen LogP contribution in [0.25, 0.3) is 0 Å². The molecule has 0 aliphatic rings. The molecule has 0 fully saturated rings. The van der Waals surface area contributed by atoms with Crippen LogP contribution in [0.1, 0.15) is 35.8 Å². The van der Waals surface area contributed by atoms with Gasteiger partial charge in [0.05, 0.1) is 11.6 Å². The lowest BCUT2D eigenvalue weighted by molar-refractivity contribution is 0.0955. The molecule has 2 aromatic rings. The Morgan fingerprint density at radius 2 is 2.14 bits per heavy atom. The molecule has 0 aliphatic carbocycles. The maximum atomic E-state index is 13.1. The molecule has 2 N–H and O–H groups in total. The molecule has 1 heterocycles. The van der Waals surface area contributed by atoms with Gasteiger partial charge in [-0.1, -0.05) is 17.7 Å². The molecule has 22 heavy (non-hydrogen) atoms. The SMILES string of the molecule is CCNC(=O)c1ccc(NC(C)c2ccc(F)cc2Cl)nc1. The first-order valence-electron chi connectivity index (χ1n) is 6.97. The van der Waals surface area contributed by atoms with E-state index in [0.717, 1.165) is 5.56 Å². The Kier molecular flexibility index (Phi) is 5.33. The molecule has 4 nitrogen and oxygen atoms in total. The molecule has 1 aromatic heterocycles. The van der Waals surface area contributed by atoms with Gasteiger partial charge in [0.2, 0.25) is 0 Å². The second kappa shape index (κ2) is 7.22.